The summed E-state index contributed by atoms with van der Waals surface area (Å²) in [7, 11) is 4.02. The molecule has 0 saturated heterocycles. The van der Waals surface area contributed by atoms with Crippen LogP contribution in [0.25, 0.3) is 0 Å². The Balaban J connectivity index is 2.48. The molecule has 0 aliphatic rings. The van der Waals surface area contributed by atoms with Crippen molar-refractivity contribution in [1.29, 1.82) is 0 Å². The van der Waals surface area contributed by atoms with E-state index >= 15 is 0 Å². The molecule has 0 amide bonds. The predicted octanol–water partition coefficient (Wildman–Crippen LogP) is 2.71. The predicted molar refractivity (Wildman–Crippen MR) is 74.9 cm³/mol. The van der Waals surface area contributed by atoms with Crippen LogP contribution in [0.15, 0.2) is 24.3 Å². The molecule has 1 aromatic rings. The second-order valence-corrected chi connectivity index (χ2v) is 5.38. The number of aliphatic hydroxyl groups is 1. The maximum atomic E-state index is 10.0. The van der Waals surface area contributed by atoms with E-state index in [0.29, 0.717) is 5.92 Å². The first-order chi connectivity index (χ1) is 8.49. The quantitative estimate of drug-likeness (QED) is 0.808. The van der Waals surface area contributed by atoms with Crippen LogP contribution in [0.3, 0.4) is 0 Å². The average molecular weight is 251 g/mol. The molecule has 0 bridgehead atoms. The van der Waals surface area contributed by atoms with Crippen LogP contribution < -0.4 is 4.74 Å². The summed E-state index contributed by atoms with van der Waals surface area (Å²) >= 11 is 0. The number of rotatable bonds is 7. The molecule has 102 valence electrons. The monoisotopic (exact) mass is 251 g/mol. The zero-order chi connectivity index (χ0) is 13.5. The maximum Gasteiger partial charge on any atom is 0.119 e. The van der Waals surface area contributed by atoms with Crippen molar-refractivity contribution in [3.8, 4) is 5.75 Å². The van der Waals surface area contributed by atoms with Crippen molar-refractivity contribution in [2.45, 2.75) is 26.4 Å². The fourth-order valence-corrected chi connectivity index (χ4v) is 1.60. The van der Waals surface area contributed by atoms with Gasteiger partial charge in [-0.3, -0.25) is 0 Å². The molecule has 3 heteroatoms. The molecule has 3 nitrogen and oxygen atoms in total. The lowest BCUT2D eigenvalue weighted by Gasteiger charge is -2.15. The van der Waals surface area contributed by atoms with E-state index in [9.17, 15) is 5.11 Å². The van der Waals surface area contributed by atoms with Crippen LogP contribution in [0.1, 0.15) is 31.9 Å². The van der Waals surface area contributed by atoms with Gasteiger partial charge in [0.05, 0.1) is 12.7 Å². The van der Waals surface area contributed by atoms with Crippen LogP contribution in [0, 0.1) is 5.92 Å². The standard InChI is InChI=1S/C15H25NO2/c1-12(2)11-18-14-7-5-13(6-8-14)15(17)9-10-16(3)4/h5-8,12,15,17H,9-11H2,1-4H3. The van der Waals surface area contributed by atoms with Gasteiger partial charge in [0.2, 0.25) is 0 Å². The van der Waals surface area contributed by atoms with E-state index in [1.165, 1.54) is 0 Å². The fraction of sp³-hybridized carbons (Fsp3) is 0.600. The minimum atomic E-state index is -0.397. The Hall–Kier alpha value is -1.06. The fourth-order valence-electron chi connectivity index (χ4n) is 1.60. The van der Waals surface area contributed by atoms with Gasteiger partial charge >= 0.3 is 0 Å². The number of hydrogen-bond acceptors (Lipinski definition) is 3. The number of hydrogen-bond donors (Lipinski definition) is 1. The molecule has 0 aromatic heterocycles. The Kier molecular flexibility index (Phi) is 6.16. The van der Waals surface area contributed by atoms with Crippen LogP contribution in [0.4, 0.5) is 0 Å². The first-order valence-electron chi connectivity index (χ1n) is 6.54. The Morgan fingerprint density at radius 2 is 1.78 bits per heavy atom. The molecule has 0 heterocycles. The molecular formula is C15H25NO2. The zero-order valence-corrected chi connectivity index (χ0v) is 11.9. The van der Waals surface area contributed by atoms with E-state index in [4.69, 9.17) is 4.74 Å². The summed E-state index contributed by atoms with van der Waals surface area (Å²) in [5.74, 6) is 1.39. The smallest absolute Gasteiger partial charge is 0.119 e. The molecule has 1 N–H and O–H groups in total. The van der Waals surface area contributed by atoms with Crippen molar-refractivity contribution in [3.05, 3.63) is 29.8 Å². The summed E-state index contributed by atoms with van der Waals surface area (Å²) in [6.07, 6.45) is 0.352. The molecule has 0 radical (unpaired) electrons. The van der Waals surface area contributed by atoms with Crippen LogP contribution in [-0.4, -0.2) is 37.3 Å². The molecule has 0 aliphatic heterocycles. The summed E-state index contributed by atoms with van der Waals surface area (Å²) in [5.41, 5.74) is 0.953. The maximum absolute atomic E-state index is 10.0. The normalized spacial score (nSPS) is 13.1. The summed E-state index contributed by atoms with van der Waals surface area (Å²) < 4.78 is 5.61. The molecule has 1 rings (SSSR count). The van der Waals surface area contributed by atoms with Crippen LogP contribution in [0.5, 0.6) is 5.75 Å². The van der Waals surface area contributed by atoms with E-state index in [2.05, 4.69) is 18.7 Å². The first-order valence-corrected chi connectivity index (χ1v) is 6.54. The average Bonchev–Trinajstić information content (AvgIpc) is 2.34. The number of nitrogens with zero attached hydrogens (tertiary/aromatic N) is 1. The van der Waals surface area contributed by atoms with E-state index < -0.39 is 6.10 Å². The Morgan fingerprint density at radius 3 is 2.28 bits per heavy atom. The number of ether oxygens (including phenoxy) is 1. The van der Waals surface area contributed by atoms with Gasteiger partial charge in [-0.15, -0.1) is 0 Å². The third-order valence-corrected chi connectivity index (χ3v) is 2.70. The van der Waals surface area contributed by atoms with Crippen molar-refractivity contribution in [2.24, 2.45) is 5.92 Å². The highest BCUT2D eigenvalue weighted by Gasteiger charge is 2.08. The highest BCUT2D eigenvalue weighted by Crippen LogP contribution is 2.20. The van der Waals surface area contributed by atoms with Gasteiger partial charge in [-0.05, 0) is 44.1 Å². The van der Waals surface area contributed by atoms with Gasteiger partial charge in [0, 0.05) is 6.54 Å². The molecule has 1 atom stereocenters. The molecule has 18 heavy (non-hydrogen) atoms. The highest BCUT2D eigenvalue weighted by atomic mass is 16.5. The number of aliphatic hydroxyl groups excluding tert-OH is 1. The minimum absolute atomic E-state index is 0.397. The van der Waals surface area contributed by atoms with Crippen LogP contribution >= 0.6 is 0 Å². The van der Waals surface area contributed by atoms with Crippen molar-refractivity contribution in [3.63, 3.8) is 0 Å². The van der Waals surface area contributed by atoms with E-state index in [1.807, 2.05) is 38.4 Å². The summed E-state index contributed by atoms with van der Waals surface area (Å²) in [4.78, 5) is 2.07. The highest BCUT2D eigenvalue weighted by molar-refractivity contribution is 5.28. The third-order valence-electron chi connectivity index (χ3n) is 2.70. The van der Waals surface area contributed by atoms with Crippen molar-refractivity contribution >= 4 is 0 Å². The molecular weight excluding hydrogens is 226 g/mol. The molecule has 0 aliphatic carbocycles. The van der Waals surface area contributed by atoms with E-state index in [0.717, 1.165) is 30.9 Å². The van der Waals surface area contributed by atoms with Crippen LogP contribution in [-0.2, 0) is 0 Å². The Morgan fingerprint density at radius 1 is 1.17 bits per heavy atom. The SMILES string of the molecule is CC(C)COc1ccc(C(O)CCN(C)C)cc1. The molecule has 1 unspecified atom stereocenters. The van der Waals surface area contributed by atoms with Crippen molar-refractivity contribution < 1.29 is 9.84 Å². The van der Waals surface area contributed by atoms with E-state index in [-0.39, 0.29) is 0 Å². The molecule has 1 aromatic carbocycles. The van der Waals surface area contributed by atoms with E-state index in [1.54, 1.807) is 0 Å². The van der Waals surface area contributed by atoms with Gasteiger partial charge < -0.3 is 14.7 Å². The van der Waals surface area contributed by atoms with Gasteiger partial charge in [0.1, 0.15) is 5.75 Å². The van der Waals surface area contributed by atoms with Gasteiger partial charge in [-0.2, -0.15) is 0 Å². The van der Waals surface area contributed by atoms with Crippen LogP contribution in [0.2, 0.25) is 0 Å². The Bertz CT molecular complexity index is 333. The number of benzene rings is 1. The lowest BCUT2D eigenvalue weighted by Crippen LogP contribution is -2.15. The molecule has 0 fully saturated rings. The lowest BCUT2D eigenvalue weighted by molar-refractivity contribution is 0.154. The lowest BCUT2D eigenvalue weighted by atomic mass is 10.1. The van der Waals surface area contributed by atoms with Gasteiger partial charge in [0.15, 0.2) is 0 Å². The Labute approximate surface area is 110 Å². The largest absolute Gasteiger partial charge is 0.493 e. The van der Waals surface area contributed by atoms with Crippen molar-refractivity contribution in [1.82, 2.24) is 4.90 Å². The van der Waals surface area contributed by atoms with Gasteiger partial charge in [-0.25, -0.2) is 0 Å². The first kappa shape index (κ1) is 15.0. The van der Waals surface area contributed by atoms with Crippen molar-refractivity contribution in [2.75, 3.05) is 27.2 Å². The minimum Gasteiger partial charge on any atom is -0.493 e. The molecule has 0 spiro atoms. The molecule has 0 saturated carbocycles. The third kappa shape index (κ3) is 5.52. The second kappa shape index (κ2) is 7.39. The zero-order valence-electron chi connectivity index (χ0n) is 11.9. The van der Waals surface area contributed by atoms with Gasteiger partial charge in [0.25, 0.3) is 0 Å². The summed E-state index contributed by atoms with van der Waals surface area (Å²) in [5, 5.41) is 10.0. The summed E-state index contributed by atoms with van der Waals surface area (Å²) in [6.45, 7) is 5.86. The second-order valence-electron chi connectivity index (χ2n) is 5.38. The van der Waals surface area contributed by atoms with Gasteiger partial charge in [-0.1, -0.05) is 26.0 Å². The summed E-state index contributed by atoms with van der Waals surface area (Å²) in [6, 6.07) is 7.74. The topological polar surface area (TPSA) is 32.7 Å².